The van der Waals surface area contributed by atoms with Gasteiger partial charge in [0.2, 0.25) is 0 Å². The van der Waals surface area contributed by atoms with E-state index in [-0.39, 0.29) is 17.9 Å². The number of unbranched alkanes of at least 4 members (excludes halogenated alkanes) is 1. The Labute approximate surface area is 196 Å². The summed E-state index contributed by atoms with van der Waals surface area (Å²) in [6.07, 6.45) is 4.12. The first-order valence-corrected chi connectivity index (χ1v) is 12.4. The Kier molecular flexibility index (Phi) is 7.53. The first-order chi connectivity index (χ1) is 16.0. The third-order valence-electron chi connectivity index (χ3n) is 6.71. The minimum Gasteiger partial charge on any atom is -0.354 e. The van der Waals surface area contributed by atoms with Gasteiger partial charge in [-0.05, 0) is 50.9 Å². The molecule has 1 aromatic carbocycles. The van der Waals surface area contributed by atoms with Gasteiger partial charge in [-0.2, -0.15) is 5.10 Å². The molecule has 4 rings (SSSR count). The average Bonchev–Trinajstić information content (AvgIpc) is 3.61. The second-order valence-corrected chi connectivity index (χ2v) is 9.15. The van der Waals surface area contributed by atoms with Crippen LogP contribution in [0, 0.1) is 12.7 Å². The van der Waals surface area contributed by atoms with Crippen molar-refractivity contribution in [2.75, 3.05) is 44.2 Å². The van der Waals surface area contributed by atoms with Crippen LogP contribution in [-0.4, -0.2) is 70.9 Å². The summed E-state index contributed by atoms with van der Waals surface area (Å²) >= 11 is 0. The number of rotatable bonds is 9. The van der Waals surface area contributed by atoms with Crippen LogP contribution in [0.15, 0.2) is 24.3 Å². The Morgan fingerprint density at radius 2 is 1.97 bits per heavy atom. The number of aryl methyl sites for hydroxylation is 1. The summed E-state index contributed by atoms with van der Waals surface area (Å²) in [7, 11) is 0. The van der Waals surface area contributed by atoms with Gasteiger partial charge in [-0.1, -0.05) is 26.3 Å². The lowest BCUT2D eigenvalue weighted by molar-refractivity contribution is 0.191. The third kappa shape index (κ3) is 5.49. The highest BCUT2D eigenvalue weighted by atomic mass is 19.1. The van der Waals surface area contributed by atoms with Crippen molar-refractivity contribution in [1.29, 1.82) is 0 Å². The zero-order valence-corrected chi connectivity index (χ0v) is 20.2. The topological polar surface area (TPSA) is 56.6 Å². The second-order valence-electron chi connectivity index (χ2n) is 9.15. The van der Waals surface area contributed by atoms with Crippen LogP contribution in [-0.2, 0) is 6.54 Å². The van der Waals surface area contributed by atoms with Crippen molar-refractivity contribution >= 4 is 11.8 Å². The number of nitrogens with zero attached hydrogens (tertiary/aromatic N) is 5. The molecule has 0 atom stereocenters. The van der Waals surface area contributed by atoms with Crippen LogP contribution in [0.2, 0.25) is 0 Å². The summed E-state index contributed by atoms with van der Waals surface area (Å²) in [6, 6.07) is 6.88. The van der Waals surface area contributed by atoms with Gasteiger partial charge in [-0.15, -0.1) is 0 Å². The molecule has 1 N–H and O–H groups in total. The summed E-state index contributed by atoms with van der Waals surface area (Å²) in [4.78, 5) is 19.8. The number of aromatic nitrogens is 2. The van der Waals surface area contributed by atoms with E-state index in [1.807, 2.05) is 22.6 Å². The Balaban J connectivity index is 1.67. The number of urea groups is 1. The van der Waals surface area contributed by atoms with Crippen molar-refractivity contribution in [1.82, 2.24) is 24.9 Å². The average molecular weight is 457 g/mol. The molecule has 2 aromatic rings. The molecule has 2 aliphatic rings. The zero-order chi connectivity index (χ0) is 23.4. The summed E-state index contributed by atoms with van der Waals surface area (Å²) in [5.74, 6) is 0.708. The van der Waals surface area contributed by atoms with Crippen molar-refractivity contribution in [2.45, 2.75) is 59.0 Å². The Bertz CT molecular complexity index is 948. The highest BCUT2D eigenvalue weighted by Crippen LogP contribution is 2.34. The van der Waals surface area contributed by atoms with Crippen molar-refractivity contribution in [3.63, 3.8) is 0 Å². The number of carbonyl (C=O) groups is 1. The SMILES string of the molecule is CCCCNC(=O)N(Cc1c(C)nn(-c2cccc(F)c2)c1N1CCN(CC)CC1)C1CC1. The molecular weight excluding hydrogens is 419 g/mol. The number of carbonyl (C=O) groups excluding carboxylic acids is 1. The van der Waals surface area contributed by atoms with Crippen LogP contribution >= 0.6 is 0 Å². The Morgan fingerprint density at radius 3 is 2.61 bits per heavy atom. The van der Waals surface area contributed by atoms with Crippen LogP contribution in [0.3, 0.4) is 0 Å². The normalized spacial score (nSPS) is 16.8. The van der Waals surface area contributed by atoms with Gasteiger partial charge in [0.1, 0.15) is 11.6 Å². The fourth-order valence-electron chi connectivity index (χ4n) is 4.52. The molecule has 1 aromatic heterocycles. The van der Waals surface area contributed by atoms with Gasteiger partial charge >= 0.3 is 6.03 Å². The predicted molar refractivity (Wildman–Crippen MR) is 129 cm³/mol. The van der Waals surface area contributed by atoms with Gasteiger partial charge in [0.15, 0.2) is 0 Å². The maximum Gasteiger partial charge on any atom is 0.317 e. The molecule has 7 nitrogen and oxygen atoms in total. The number of hydrogen-bond acceptors (Lipinski definition) is 4. The van der Waals surface area contributed by atoms with Gasteiger partial charge in [-0.3, -0.25) is 0 Å². The highest BCUT2D eigenvalue weighted by Gasteiger charge is 2.35. The van der Waals surface area contributed by atoms with Gasteiger partial charge in [0, 0.05) is 44.3 Å². The summed E-state index contributed by atoms with van der Waals surface area (Å²) in [5, 5.41) is 7.93. The highest BCUT2D eigenvalue weighted by molar-refractivity contribution is 5.75. The first kappa shape index (κ1) is 23.5. The largest absolute Gasteiger partial charge is 0.354 e. The molecule has 1 saturated carbocycles. The number of nitrogens with one attached hydrogen (secondary N) is 1. The van der Waals surface area contributed by atoms with Crippen molar-refractivity contribution in [2.24, 2.45) is 0 Å². The fourth-order valence-corrected chi connectivity index (χ4v) is 4.52. The molecular formula is C25H37FN6O. The molecule has 180 valence electrons. The number of likely N-dealkylation sites (N-methyl/N-ethyl adjacent to an activating group) is 1. The van der Waals surface area contributed by atoms with Crippen molar-refractivity contribution in [3.05, 3.63) is 41.3 Å². The van der Waals surface area contributed by atoms with E-state index in [0.29, 0.717) is 18.8 Å². The van der Waals surface area contributed by atoms with Crippen molar-refractivity contribution < 1.29 is 9.18 Å². The minimum atomic E-state index is -0.279. The number of benzene rings is 1. The fraction of sp³-hybridized carbons (Fsp3) is 0.600. The van der Waals surface area contributed by atoms with Gasteiger partial charge < -0.3 is 20.0 Å². The smallest absolute Gasteiger partial charge is 0.317 e. The number of anilines is 1. The van der Waals surface area contributed by atoms with Gasteiger partial charge in [0.25, 0.3) is 0 Å². The Morgan fingerprint density at radius 1 is 1.21 bits per heavy atom. The van der Waals surface area contributed by atoms with E-state index in [0.717, 1.165) is 75.5 Å². The molecule has 1 saturated heterocycles. The Hall–Kier alpha value is -2.61. The maximum absolute atomic E-state index is 14.1. The lowest BCUT2D eigenvalue weighted by atomic mass is 10.2. The zero-order valence-electron chi connectivity index (χ0n) is 20.2. The van der Waals surface area contributed by atoms with Crippen LogP contribution < -0.4 is 10.2 Å². The first-order valence-electron chi connectivity index (χ1n) is 12.4. The van der Waals surface area contributed by atoms with E-state index in [2.05, 4.69) is 29.0 Å². The van der Waals surface area contributed by atoms with E-state index in [4.69, 9.17) is 5.10 Å². The number of amides is 2. The van der Waals surface area contributed by atoms with Crippen LogP contribution in [0.4, 0.5) is 15.0 Å². The molecule has 2 amide bonds. The molecule has 2 fully saturated rings. The van der Waals surface area contributed by atoms with Gasteiger partial charge in [0.05, 0.1) is 17.9 Å². The number of hydrogen-bond donors (Lipinski definition) is 1. The maximum atomic E-state index is 14.1. The summed E-state index contributed by atoms with van der Waals surface area (Å²) in [6.45, 7) is 12.3. The monoisotopic (exact) mass is 456 g/mol. The third-order valence-corrected chi connectivity index (χ3v) is 6.71. The minimum absolute atomic E-state index is 0.00519. The summed E-state index contributed by atoms with van der Waals surface area (Å²) < 4.78 is 16.0. The summed E-state index contributed by atoms with van der Waals surface area (Å²) in [5.41, 5.74) is 2.66. The molecule has 0 unspecified atom stereocenters. The molecule has 2 heterocycles. The van der Waals surface area contributed by atoms with E-state index in [9.17, 15) is 9.18 Å². The standard InChI is InChI=1S/C25H37FN6O/c1-4-6-12-27-25(33)31(21-10-11-21)18-23-19(3)28-32(22-9-7-8-20(26)17-22)24(23)30-15-13-29(5-2)14-16-30/h7-9,17,21H,4-6,10-16,18H2,1-3H3,(H,27,33). The van der Waals surface area contributed by atoms with Crippen LogP contribution in [0.25, 0.3) is 5.69 Å². The molecule has 8 heteroatoms. The van der Waals surface area contributed by atoms with Gasteiger partial charge in [-0.25, -0.2) is 13.9 Å². The van der Waals surface area contributed by atoms with E-state index in [1.165, 1.54) is 12.1 Å². The number of piperazine rings is 1. The second kappa shape index (κ2) is 10.5. The molecule has 33 heavy (non-hydrogen) atoms. The molecule has 1 aliphatic carbocycles. The van der Waals surface area contributed by atoms with E-state index in [1.54, 1.807) is 6.07 Å². The number of halogens is 1. The molecule has 1 aliphatic heterocycles. The predicted octanol–water partition coefficient (Wildman–Crippen LogP) is 3.94. The lowest BCUT2D eigenvalue weighted by Gasteiger charge is -2.36. The molecule has 0 spiro atoms. The molecule has 0 bridgehead atoms. The van der Waals surface area contributed by atoms with Crippen molar-refractivity contribution in [3.8, 4) is 5.69 Å². The van der Waals surface area contributed by atoms with E-state index < -0.39 is 0 Å². The van der Waals surface area contributed by atoms with E-state index >= 15 is 0 Å². The lowest BCUT2D eigenvalue weighted by Crippen LogP contribution is -2.47. The van der Waals surface area contributed by atoms with Crippen LogP contribution in [0.5, 0.6) is 0 Å². The van der Waals surface area contributed by atoms with Crippen LogP contribution in [0.1, 0.15) is 50.8 Å². The molecule has 0 radical (unpaired) electrons. The quantitative estimate of drug-likeness (QED) is 0.581.